The van der Waals surface area contributed by atoms with Crippen molar-refractivity contribution >= 4 is 5.97 Å². The smallest absolute Gasteiger partial charge is 0.338 e. The van der Waals surface area contributed by atoms with E-state index in [1.54, 1.807) is 0 Å². The molecule has 3 nitrogen and oxygen atoms in total. The predicted molar refractivity (Wildman–Crippen MR) is 155 cm³/mol. The molecule has 1 aromatic carbocycles. The maximum atomic E-state index is 12.4. The third-order valence-electron chi connectivity index (χ3n) is 12.8. The summed E-state index contributed by atoms with van der Waals surface area (Å²) in [5.74, 6) is 4.75. The zero-order chi connectivity index (χ0) is 27.1. The summed E-state index contributed by atoms with van der Waals surface area (Å²) in [5.41, 5.74) is 1.19. The van der Waals surface area contributed by atoms with Gasteiger partial charge in [0.1, 0.15) is 0 Å². The zero-order valence-electron chi connectivity index (χ0n) is 24.9. The molecule has 4 aliphatic rings. The lowest BCUT2D eigenvalue weighted by Crippen LogP contribution is -2.56. The van der Waals surface area contributed by atoms with Crippen LogP contribution in [0, 0.1) is 46.3 Å². The van der Waals surface area contributed by atoms with E-state index in [1.165, 1.54) is 51.4 Å². The van der Waals surface area contributed by atoms with Gasteiger partial charge in [-0.2, -0.15) is 0 Å². The van der Waals surface area contributed by atoms with E-state index in [2.05, 4.69) is 27.7 Å². The molecule has 4 fully saturated rings. The van der Waals surface area contributed by atoms with Crippen LogP contribution in [0.4, 0.5) is 0 Å². The summed E-state index contributed by atoms with van der Waals surface area (Å²) in [6.07, 6.45) is 15.9. The lowest BCUT2D eigenvalue weighted by molar-refractivity contribution is -0.152. The van der Waals surface area contributed by atoms with E-state index in [0.717, 1.165) is 67.6 Å². The molecule has 0 radical (unpaired) electrons. The van der Waals surface area contributed by atoms with Crippen LogP contribution in [0.25, 0.3) is 0 Å². The topological polar surface area (TPSA) is 46.5 Å². The first-order valence-electron chi connectivity index (χ1n) is 16.1. The Labute approximate surface area is 232 Å². The molecule has 1 N–H and O–H groups in total. The molecule has 0 bridgehead atoms. The van der Waals surface area contributed by atoms with Gasteiger partial charge in [0.05, 0.1) is 17.3 Å². The van der Waals surface area contributed by atoms with Crippen LogP contribution < -0.4 is 0 Å². The van der Waals surface area contributed by atoms with Crippen molar-refractivity contribution in [2.75, 3.05) is 0 Å². The van der Waals surface area contributed by atoms with Crippen LogP contribution in [0.1, 0.15) is 128 Å². The minimum absolute atomic E-state index is 0.0333. The fourth-order valence-electron chi connectivity index (χ4n) is 10.4. The molecule has 0 aliphatic heterocycles. The summed E-state index contributed by atoms with van der Waals surface area (Å²) in [6.45, 7) is 12.0. The second-order valence-corrected chi connectivity index (χ2v) is 14.7. The fourth-order valence-corrected chi connectivity index (χ4v) is 10.4. The van der Waals surface area contributed by atoms with Gasteiger partial charge in [-0.05, 0) is 142 Å². The Hall–Kier alpha value is -1.35. The first-order chi connectivity index (χ1) is 18.1. The van der Waals surface area contributed by atoms with Crippen LogP contribution in [-0.4, -0.2) is 22.8 Å². The predicted octanol–water partition coefficient (Wildman–Crippen LogP) is 8.84. The number of hydrogen-bond donors (Lipinski definition) is 1. The normalized spacial score (nSPS) is 41.9. The van der Waals surface area contributed by atoms with E-state index in [9.17, 15) is 9.90 Å². The van der Waals surface area contributed by atoms with Crippen molar-refractivity contribution < 1.29 is 14.6 Å². The molecule has 0 amide bonds. The van der Waals surface area contributed by atoms with Gasteiger partial charge in [0.2, 0.25) is 0 Å². The summed E-state index contributed by atoms with van der Waals surface area (Å²) in [4.78, 5) is 12.4. The number of carbonyl (C=O) groups excluding carboxylic acids is 1. The summed E-state index contributed by atoms with van der Waals surface area (Å²) in [5, 5.41) is 11.1. The number of esters is 1. The monoisotopic (exact) mass is 522 g/mol. The summed E-state index contributed by atoms with van der Waals surface area (Å²) in [7, 11) is 0. The highest BCUT2D eigenvalue weighted by Gasteiger charge is 2.61. The minimum Gasteiger partial charge on any atom is -0.459 e. The van der Waals surface area contributed by atoms with Crippen molar-refractivity contribution in [3.63, 3.8) is 0 Å². The molecule has 3 heteroatoms. The van der Waals surface area contributed by atoms with Gasteiger partial charge in [-0.15, -0.1) is 0 Å². The Morgan fingerprint density at radius 2 is 1.68 bits per heavy atom. The molecule has 0 unspecified atom stereocenters. The van der Waals surface area contributed by atoms with Gasteiger partial charge in [0, 0.05) is 0 Å². The highest BCUT2D eigenvalue weighted by Crippen LogP contribution is 2.69. The molecule has 0 saturated heterocycles. The van der Waals surface area contributed by atoms with Gasteiger partial charge in [-0.3, -0.25) is 0 Å². The molecule has 0 spiro atoms. The highest BCUT2D eigenvalue weighted by atomic mass is 16.5. The molecular formula is C35H54O3. The molecular weight excluding hydrogens is 468 g/mol. The number of fused-ring (bicyclic) bond motifs is 5. The summed E-state index contributed by atoms with van der Waals surface area (Å²) < 4.78 is 5.73. The van der Waals surface area contributed by atoms with Crippen molar-refractivity contribution in [1.82, 2.24) is 0 Å². The van der Waals surface area contributed by atoms with Gasteiger partial charge in [0.15, 0.2) is 0 Å². The van der Waals surface area contributed by atoms with E-state index in [1.807, 2.05) is 37.3 Å². The van der Waals surface area contributed by atoms with Gasteiger partial charge in [-0.25, -0.2) is 4.79 Å². The van der Waals surface area contributed by atoms with Crippen molar-refractivity contribution in [2.45, 2.75) is 130 Å². The van der Waals surface area contributed by atoms with Gasteiger partial charge in [0.25, 0.3) is 0 Å². The van der Waals surface area contributed by atoms with E-state index >= 15 is 0 Å². The summed E-state index contributed by atoms with van der Waals surface area (Å²) >= 11 is 0. The van der Waals surface area contributed by atoms with Crippen molar-refractivity contribution in [1.29, 1.82) is 0 Å². The lowest BCUT2D eigenvalue weighted by Gasteiger charge is -2.62. The van der Waals surface area contributed by atoms with E-state index in [0.29, 0.717) is 16.4 Å². The molecule has 5 rings (SSSR count). The number of benzene rings is 1. The number of ether oxygens (including phenoxy) is 1. The van der Waals surface area contributed by atoms with Gasteiger partial charge < -0.3 is 9.84 Å². The standard InChI is InChI=1S/C35H54O3/c1-6-35(37)22-21-33(4)27(23-35)15-16-28-30-18-17-29(34(30,5)20-19-31(28)33)24(2)11-10-12-25(3)38-32(36)26-13-8-7-9-14-26/h7-9,13-14,24-25,27-31,37H,6,10-12,15-23H2,1-5H3/t24-,25-,27+,28+,29-,30+,31+,33+,34-,35+/m1/s1. The number of carbonyl (C=O) groups is 1. The van der Waals surface area contributed by atoms with Crippen LogP contribution in [0.15, 0.2) is 30.3 Å². The van der Waals surface area contributed by atoms with Gasteiger partial charge >= 0.3 is 5.97 Å². The van der Waals surface area contributed by atoms with Crippen LogP contribution in [0.3, 0.4) is 0 Å². The largest absolute Gasteiger partial charge is 0.459 e. The Bertz CT molecular complexity index is 959. The Morgan fingerprint density at radius 1 is 0.947 bits per heavy atom. The maximum Gasteiger partial charge on any atom is 0.338 e. The number of aliphatic hydroxyl groups is 1. The van der Waals surface area contributed by atoms with Crippen molar-refractivity contribution in [3.8, 4) is 0 Å². The van der Waals surface area contributed by atoms with Crippen LogP contribution in [0.2, 0.25) is 0 Å². The SMILES string of the molecule is CC[C@]1(O)CC[C@@]2(C)[C@@H](CC[C@@H]3[C@@H]2CC[C@]2(C)[C@@H]([C@H](C)CCC[C@@H](C)OC(=O)c4ccccc4)CC[C@@H]32)C1. The first-order valence-corrected chi connectivity index (χ1v) is 16.1. The Kier molecular flexibility index (Phi) is 8.09. The minimum atomic E-state index is -0.397. The van der Waals surface area contributed by atoms with Crippen molar-refractivity contribution in [3.05, 3.63) is 35.9 Å². The summed E-state index contributed by atoms with van der Waals surface area (Å²) in [6, 6.07) is 9.36. The molecule has 10 atom stereocenters. The first kappa shape index (κ1) is 28.2. The molecule has 4 saturated carbocycles. The molecule has 1 aromatic rings. The number of hydrogen-bond acceptors (Lipinski definition) is 3. The Balaban J connectivity index is 1.15. The second kappa shape index (κ2) is 10.9. The highest BCUT2D eigenvalue weighted by molar-refractivity contribution is 5.89. The lowest BCUT2D eigenvalue weighted by atomic mass is 9.43. The van der Waals surface area contributed by atoms with E-state index < -0.39 is 5.60 Å². The molecule has 38 heavy (non-hydrogen) atoms. The van der Waals surface area contributed by atoms with E-state index in [4.69, 9.17) is 4.74 Å². The molecule has 212 valence electrons. The Morgan fingerprint density at radius 3 is 2.42 bits per heavy atom. The number of rotatable bonds is 8. The van der Waals surface area contributed by atoms with Gasteiger partial charge in [-0.1, -0.05) is 52.3 Å². The average molecular weight is 523 g/mol. The second-order valence-electron chi connectivity index (χ2n) is 14.7. The third kappa shape index (κ3) is 5.11. The average Bonchev–Trinajstić information content (AvgIpc) is 3.27. The van der Waals surface area contributed by atoms with Crippen molar-refractivity contribution in [2.24, 2.45) is 46.3 Å². The molecule has 4 aliphatic carbocycles. The third-order valence-corrected chi connectivity index (χ3v) is 12.8. The van der Waals surface area contributed by atoms with Crippen LogP contribution >= 0.6 is 0 Å². The molecule has 0 heterocycles. The van der Waals surface area contributed by atoms with Crippen LogP contribution in [-0.2, 0) is 4.74 Å². The fraction of sp³-hybridized carbons (Fsp3) is 0.800. The maximum absolute atomic E-state index is 12.4. The molecule has 0 aromatic heterocycles. The van der Waals surface area contributed by atoms with Crippen LogP contribution in [0.5, 0.6) is 0 Å². The quantitative estimate of drug-likeness (QED) is 0.347. The zero-order valence-corrected chi connectivity index (χ0v) is 24.9. The van der Waals surface area contributed by atoms with E-state index in [-0.39, 0.29) is 12.1 Å².